The van der Waals surface area contributed by atoms with Crippen molar-refractivity contribution in [1.82, 2.24) is 0 Å². The van der Waals surface area contributed by atoms with Gasteiger partial charge in [-0.1, -0.05) is 58.4 Å². The van der Waals surface area contributed by atoms with Crippen LogP contribution < -0.4 is 5.32 Å². The van der Waals surface area contributed by atoms with Gasteiger partial charge in [0.25, 0.3) is 0 Å². The maximum atomic E-state index is 13.9. The summed E-state index contributed by atoms with van der Waals surface area (Å²) in [6.07, 6.45) is 9.75. The van der Waals surface area contributed by atoms with E-state index in [4.69, 9.17) is 0 Å². The van der Waals surface area contributed by atoms with Crippen molar-refractivity contribution in [2.75, 3.05) is 5.32 Å². The van der Waals surface area contributed by atoms with E-state index in [1.165, 1.54) is 38.5 Å². The van der Waals surface area contributed by atoms with E-state index >= 15 is 0 Å². The molecule has 0 saturated heterocycles. The Morgan fingerprint density at radius 2 is 1.60 bits per heavy atom. The number of benzene rings is 1. The molecule has 0 aromatic heterocycles. The molecule has 1 N–H and O–H groups in total. The summed E-state index contributed by atoms with van der Waals surface area (Å²) in [4.78, 5) is 0. The molecule has 0 atom stereocenters. The van der Waals surface area contributed by atoms with Crippen molar-refractivity contribution < 1.29 is 4.39 Å². The van der Waals surface area contributed by atoms with E-state index in [1.54, 1.807) is 6.07 Å². The Hall–Kier alpha value is -1.05. The molecule has 20 heavy (non-hydrogen) atoms. The van der Waals surface area contributed by atoms with Crippen LogP contribution >= 0.6 is 0 Å². The number of rotatable bonds is 10. The average Bonchev–Trinajstić information content (AvgIpc) is 2.42. The Bertz CT molecular complexity index is 366. The van der Waals surface area contributed by atoms with Crippen LogP contribution in [-0.4, -0.2) is 6.04 Å². The highest BCUT2D eigenvalue weighted by atomic mass is 19.1. The van der Waals surface area contributed by atoms with Crippen molar-refractivity contribution in [3.05, 3.63) is 29.6 Å². The van der Waals surface area contributed by atoms with E-state index in [0.29, 0.717) is 11.7 Å². The molecule has 0 spiro atoms. The van der Waals surface area contributed by atoms with E-state index < -0.39 is 0 Å². The SMILES string of the molecule is CCCCCC(CCCCC)Nc1ccc(C)cc1F. The van der Waals surface area contributed by atoms with Crippen LogP contribution in [0.5, 0.6) is 0 Å². The van der Waals surface area contributed by atoms with Crippen molar-refractivity contribution in [3.63, 3.8) is 0 Å². The van der Waals surface area contributed by atoms with Crippen LogP contribution in [0.15, 0.2) is 18.2 Å². The number of hydrogen-bond acceptors (Lipinski definition) is 1. The molecule has 0 saturated carbocycles. The highest BCUT2D eigenvalue weighted by Crippen LogP contribution is 2.20. The Morgan fingerprint density at radius 1 is 1.00 bits per heavy atom. The first-order valence-corrected chi connectivity index (χ1v) is 8.20. The molecule has 1 rings (SSSR count). The molecular formula is C18H30FN. The zero-order chi connectivity index (χ0) is 14.8. The first-order chi connectivity index (χ1) is 9.67. The Morgan fingerprint density at radius 3 is 2.10 bits per heavy atom. The summed E-state index contributed by atoms with van der Waals surface area (Å²) in [6.45, 7) is 6.37. The fraction of sp³-hybridized carbons (Fsp3) is 0.667. The van der Waals surface area contributed by atoms with E-state index in [1.807, 2.05) is 19.1 Å². The van der Waals surface area contributed by atoms with Crippen molar-refractivity contribution in [3.8, 4) is 0 Å². The lowest BCUT2D eigenvalue weighted by Gasteiger charge is -2.20. The van der Waals surface area contributed by atoms with Gasteiger partial charge in [-0.05, 0) is 37.5 Å². The largest absolute Gasteiger partial charge is 0.380 e. The molecule has 0 aliphatic heterocycles. The molecular weight excluding hydrogens is 249 g/mol. The Balaban J connectivity index is 2.56. The molecule has 114 valence electrons. The number of halogens is 1. The number of nitrogens with one attached hydrogen (secondary N) is 1. The predicted molar refractivity (Wildman–Crippen MR) is 86.8 cm³/mol. The monoisotopic (exact) mass is 279 g/mol. The maximum Gasteiger partial charge on any atom is 0.146 e. The molecule has 1 nitrogen and oxygen atoms in total. The lowest BCUT2D eigenvalue weighted by molar-refractivity contribution is 0.522. The van der Waals surface area contributed by atoms with Crippen LogP contribution in [0.4, 0.5) is 10.1 Å². The van der Waals surface area contributed by atoms with Gasteiger partial charge in [0.05, 0.1) is 5.69 Å². The van der Waals surface area contributed by atoms with Crippen molar-refractivity contribution in [1.29, 1.82) is 0 Å². The van der Waals surface area contributed by atoms with Crippen LogP contribution in [0.25, 0.3) is 0 Å². The summed E-state index contributed by atoms with van der Waals surface area (Å²) in [7, 11) is 0. The van der Waals surface area contributed by atoms with Crippen molar-refractivity contribution >= 4 is 5.69 Å². The molecule has 1 aromatic carbocycles. The second-order valence-electron chi connectivity index (χ2n) is 5.82. The quantitative estimate of drug-likeness (QED) is 0.512. The summed E-state index contributed by atoms with van der Waals surface area (Å²) in [5, 5.41) is 3.42. The lowest BCUT2D eigenvalue weighted by atomic mass is 10.0. The molecule has 1 aromatic rings. The lowest BCUT2D eigenvalue weighted by Crippen LogP contribution is -2.20. The zero-order valence-electron chi connectivity index (χ0n) is 13.3. The van der Waals surface area contributed by atoms with E-state index in [-0.39, 0.29) is 5.82 Å². The second kappa shape index (κ2) is 9.79. The maximum absolute atomic E-state index is 13.9. The number of unbranched alkanes of at least 4 members (excludes halogenated alkanes) is 4. The van der Waals surface area contributed by atoms with Crippen LogP contribution in [-0.2, 0) is 0 Å². The van der Waals surface area contributed by atoms with Crippen LogP contribution in [0.2, 0.25) is 0 Å². The average molecular weight is 279 g/mol. The zero-order valence-corrected chi connectivity index (χ0v) is 13.3. The number of hydrogen-bond donors (Lipinski definition) is 1. The molecule has 0 fully saturated rings. The smallest absolute Gasteiger partial charge is 0.146 e. The first-order valence-electron chi connectivity index (χ1n) is 8.20. The van der Waals surface area contributed by atoms with Gasteiger partial charge in [0.15, 0.2) is 0 Å². The summed E-state index contributed by atoms with van der Waals surface area (Å²) < 4.78 is 13.9. The highest BCUT2D eigenvalue weighted by molar-refractivity contribution is 5.46. The molecule has 0 aliphatic carbocycles. The fourth-order valence-electron chi connectivity index (χ4n) is 2.53. The number of anilines is 1. The van der Waals surface area contributed by atoms with Crippen LogP contribution in [0, 0.1) is 12.7 Å². The summed E-state index contributed by atoms with van der Waals surface area (Å²) in [5.74, 6) is -0.124. The molecule has 0 unspecified atom stereocenters. The van der Waals surface area contributed by atoms with Crippen LogP contribution in [0.1, 0.15) is 70.8 Å². The van der Waals surface area contributed by atoms with Crippen molar-refractivity contribution in [2.45, 2.75) is 78.2 Å². The number of aryl methyl sites for hydroxylation is 1. The van der Waals surface area contributed by atoms with E-state index in [9.17, 15) is 4.39 Å². The summed E-state index contributed by atoms with van der Waals surface area (Å²) in [5.41, 5.74) is 1.63. The van der Waals surface area contributed by atoms with Gasteiger partial charge >= 0.3 is 0 Å². The van der Waals surface area contributed by atoms with E-state index in [2.05, 4.69) is 19.2 Å². The van der Waals surface area contributed by atoms with E-state index in [0.717, 1.165) is 18.4 Å². The highest BCUT2D eigenvalue weighted by Gasteiger charge is 2.10. The minimum atomic E-state index is -0.124. The van der Waals surface area contributed by atoms with Gasteiger partial charge in [0.1, 0.15) is 5.82 Å². The van der Waals surface area contributed by atoms with Crippen molar-refractivity contribution in [2.24, 2.45) is 0 Å². The molecule has 0 heterocycles. The molecule has 0 radical (unpaired) electrons. The van der Waals surface area contributed by atoms with Gasteiger partial charge in [-0.25, -0.2) is 4.39 Å². The van der Waals surface area contributed by atoms with Gasteiger partial charge in [-0.15, -0.1) is 0 Å². The van der Waals surface area contributed by atoms with Gasteiger partial charge < -0.3 is 5.32 Å². The molecule has 0 amide bonds. The molecule has 2 heteroatoms. The predicted octanol–water partition coefficient (Wildman–Crippen LogP) is 6.08. The topological polar surface area (TPSA) is 12.0 Å². The summed E-state index contributed by atoms with van der Waals surface area (Å²) >= 11 is 0. The Kier molecular flexibility index (Phi) is 8.32. The molecule has 0 bridgehead atoms. The minimum Gasteiger partial charge on any atom is -0.380 e. The fourth-order valence-corrected chi connectivity index (χ4v) is 2.53. The minimum absolute atomic E-state index is 0.124. The Labute approximate surface area is 124 Å². The van der Waals surface area contributed by atoms with Gasteiger partial charge in [-0.3, -0.25) is 0 Å². The second-order valence-corrected chi connectivity index (χ2v) is 5.82. The van der Waals surface area contributed by atoms with Gasteiger partial charge in [-0.2, -0.15) is 0 Å². The third-order valence-electron chi connectivity index (χ3n) is 3.80. The molecule has 0 aliphatic rings. The van der Waals surface area contributed by atoms with Gasteiger partial charge in [0, 0.05) is 6.04 Å². The third kappa shape index (κ3) is 6.40. The summed E-state index contributed by atoms with van der Waals surface area (Å²) in [6, 6.07) is 5.86. The van der Waals surface area contributed by atoms with Gasteiger partial charge in [0.2, 0.25) is 0 Å². The normalized spacial score (nSPS) is 11.1. The van der Waals surface area contributed by atoms with Crippen LogP contribution in [0.3, 0.4) is 0 Å². The first kappa shape index (κ1) is 17.0. The standard InChI is InChI=1S/C18H30FN/c1-4-6-8-10-16(11-9-7-5-2)20-18-13-12-15(3)14-17(18)19/h12-14,16,20H,4-11H2,1-3H3. The third-order valence-corrected chi connectivity index (χ3v) is 3.80.